The summed E-state index contributed by atoms with van der Waals surface area (Å²) in [6, 6.07) is -0.335. The first-order chi connectivity index (χ1) is 9.01. The van der Waals surface area contributed by atoms with Crippen LogP contribution in [0.4, 0.5) is 0 Å². The highest BCUT2D eigenvalue weighted by molar-refractivity contribution is 5.82. The summed E-state index contributed by atoms with van der Waals surface area (Å²) in [4.78, 5) is 12.4. The van der Waals surface area contributed by atoms with Gasteiger partial charge in [0.05, 0.1) is 6.04 Å². The second-order valence-electron chi connectivity index (χ2n) is 7.60. The Labute approximate surface area is 116 Å². The summed E-state index contributed by atoms with van der Waals surface area (Å²) < 4.78 is 0. The maximum absolute atomic E-state index is 12.4. The van der Waals surface area contributed by atoms with Gasteiger partial charge in [-0.15, -0.1) is 0 Å². The molecular formula is C16H28N2O. The van der Waals surface area contributed by atoms with Gasteiger partial charge in [0.2, 0.25) is 5.91 Å². The molecule has 0 aromatic carbocycles. The fourth-order valence-corrected chi connectivity index (χ4v) is 5.12. The largest absolute Gasteiger partial charge is 0.349 e. The van der Waals surface area contributed by atoms with Crippen molar-refractivity contribution in [3.05, 3.63) is 0 Å². The number of rotatable bonds is 4. The Morgan fingerprint density at radius 2 is 1.68 bits per heavy atom. The van der Waals surface area contributed by atoms with Gasteiger partial charge in [-0.1, -0.05) is 20.3 Å². The number of nitrogens with one attached hydrogen (secondary N) is 1. The topological polar surface area (TPSA) is 55.1 Å². The molecule has 4 saturated carbocycles. The van der Waals surface area contributed by atoms with E-state index in [0.29, 0.717) is 0 Å². The molecule has 4 fully saturated rings. The minimum absolute atomic E-state index is 0.0938. The van der Waals surface area contributed by atoms with Gasteiger partial charge < -0.3 is 11.1 Å². The molecule has 2 atom stereocenters. The van der Waals surface area contributed by atoms with E-state index in [4.69, 9.17) is 5.73 Å². The summed E-state index contributed by atoms with van der Waals surface area (Å²) in [6.45, 7) is 4.17. The number of carbonyl (C=O) groups excluding carboxylic acids is 1. The van der Waals surface area contributed by atoms with Crippen molar-refractivity contribution in [2.45, 2.75) is 70.4 Å². The van der Waals surface area contributed by atoms with Crippen molar-refractivity contribution in [1.82, 2.24) is 5.32 Å². The lowest BCUT2D eigenvalue weighted by atomic mass is 9.53. The molecular weight excluding hydrogens is 236 g/mol. The van der Waals surface area contributed by atoms with Crippen LogP contribution in [0.25, 0.3) is 0 Å². The van der Waals surface area contributed by atoms with Crippen LogP contribution in [-0.2, 0) is 4.79 Å². The average Bonchev–Trinajstić information content (AvgIpc) is 2.34. The van der Waals surface area contributed by atoms with Crippen molar-refractivity contribution in [2.24, 2.45) is 29.4 Å². The molecule has 0 heterocycles. The van der Waals surface area contributed by atoms with Gasteiger partial charge in [0, 0.05) is 5.54 Å². The van der Waals surface area contributed by atoms with Crippen LogP contribution in [0.3, 0.4) is 0 Å². The summed E-state index contributed by atoms with van der Waals surface area (Å²) in [5, 5.41) is 3.38. The molecule has 4 aliphatic carbocycles. The lowest BCUT2D eigenvalue weighted by Gasteiger charge is -2.57. The highest BCUT2D eigenvalue weighted by Gasteiger charge is 2.51. The molecule has 3 nitrogen and oxygen atoms in total. The molecule has 1 unspecified atom stereocenters. The zero-order valence-electron chi connectivity index (χ0n) is 12.3. The summed E-state index contributed by atoms with van der Waals surface area (Å²) in [5.74, 6) is 2.97. The summed E-state index contributed by atoms with van der Waals surface area (Å²) in [5.41, 5.74) is 6.20. The number of hydrogen-bond acceptors (Lipinski definition) is 2. The van der Waals surface area contributed by atoms with E-state index in [2.05, 4.69) is 19.2 Å². The lowest BCUT2D eigenvalue weighted by Crippen LogP contribution is -2.62. The minimum atomic E-state index is -0.335. The van der Waals surface area contributed by atoms with E-state index in [1.165, 1.54) is 38.5 Å². The van der Waals surface area contributed by atoms with E-state index < -0.39 is 0 Å². The van der Waals surface area contributed by atoms with Crippen LogP contribution in [0.2, 0.25) is 0 Å². The van der Waals surface area contributed by atoms with Crippen LogP contribution >= 0.6 is 0 Å². The normalized spacial score (nSPS) is 43.0. The first-order valence-electron chi connectivity index (χ1n) is 8.09. The van der Waals surface area contributed by atoms with Crippen LogP contribution in [-0.4, -0.2) is 17.5 Å². The first-order valence-corrected chi connectivity index (χ1v) is 8.09. The maximum atomic E-state index is 12.4. The van der Waals surface area contributed by atoms with E-state index in [9.17, 15) is 4.79 Å². The molecule has 4 rings (SSSR count). The predicted octanol–water partition coefficient (Wildman–Crippen LogP) is 2.44. The van der Waals surface area contributed by atoms with Crippen molar-refractivity contribution in [3.63, 3.8) is 0 Å². The lowest BCUT2D eigenvalue weighted by molar-refractivity contribution is -0.129. The molecule has 4 bridgehead atoms. The van der Waals surface area contributed by atoms with Gasteiger partial charge in [-0.25, -0.2) is 0 Å². The fraction of sp³-hybridized carbons (Fsp3) is 0.938. The molecule has 0 aromatic heterocycles. The molecule has 3 N–H and O–H groups in total. The average molecular weight is 264 g/mol. The molecule has 0 spiro atoms. The predicted molar refractivity (Wildman–Crippen MR) is 76.5 cm³/mol. The van der Waals surface area contributed by atoms with Gasteiger partial charge in [-0.3, -0.25) is 4.79 Å². The van der Waals surface area contributed by atoms with Crippen LogP contribution in [0.1, 0.15) is 58.8 Å². The third-order valence-electron chi connectivity index (χ3n) is 5.99. The molecule has 1 amide bonds. The van der Waals surface area contributed by atoms with Crippen molar-refractivity contribution in [1.29, 1.82) is 0 Å². The van der Waals surface area contributed by atoms with Crippen molar-refractivity contribution in [2.75, 3.05) is 0 Å². The Morgan fingerprint density at radius 1 is 1.21 bits per heavy atom. The van der Waals surface area contributed by atoms with Crippen LogP contribution < -0.4 is 11.1 Å². The Hall–Kier alpha value is -0.570. The summed E-state index contributed by atoms with van der Waals surface area (Å²) in [7, 11) is 0. The molecule has 4 aliphatic rings. The van der Waals surface area contributed by atoms with E-state index in [-0.39, 0.29) is 23.4 Å². The Morgan fingerprint density at radius 3 is 2.11 bits per heavy atom. The van der Waals surface area contributed by atoms with E-state index in [0.717, 1.165) is 24.2 Å². The molecule has 3 heteroatoms. The number of hydrogen-bond donors (Lipinski definition) is 2. The zero-order valence-corrected chi connectivity index (χ0v) is 12.3. The first kappa shape index (κ1) is 13.4. The molecule has 108 valence electrons. The quantitative estimate of drug-likeness (QED) is 0.819. The zero-order chi connectivity index (χ0) is 13.6. The highest BCUT2D eigenvalue weighted by Crippen LogP contribution is 2.55. The van der Waals surface area contributed by atoms with Crippen LogP contribution in [0.15, 0.2) is 0 Å². The number of carbonyl (C=O) groups is 1. The van der Waals surface area contributed by atoms with Crippen LogP contribution in [0.5, 0.6) is 0 Å². The van der Waals surface area contributed by atoms with Gasteiger partial charge in [0.25, 0.3) is 0 Å². The van der Waals surface area contributed by atoms with Crippen molar-refractivity contribution < 1.29 is 4.79 Å². The molecule has 0 radical (unpaired) electrons. The molecule has 0 saturated heterocycles. The van der Waals surface area contributed by atoms with Crippen molar-refractivity contribution in [3.8, 4) is 0 Å². The second-order valence-corrected chi connectivity index (χ2v) is 7.60. The van der Waals surface area contributed by atoms with Crippen molar-refractivity contribution >= 4 is 5.91 Å². The van der Waals surface area contributed by atoms with Crippen LogP contribution in [0, 0.1) is 23.7 Å². The summed E-state index contributed by atoms with van der Waals surface area (Å²) in [6.07, 6.45) is 8.81. The minimum Gasteiger partial charge on any atom is -0.349 e. The van der Waals surface area contributed by atoms with E-state index in [1.807, 2.05) is 0 Å². The van der Waals surface area contributed by atoms with Gasteiger partial charge in [0.15, 0.2) is 0 Å². The number of amides is 1. The molecule has 19 heavy (non-hydrogen) atoms. The molecule has 0 aliphatic heterocycles. The molecule has 0 aromatic rings. The third kappa shape index (κ3) is 2.42. The standard InChI is InChI=1S/C16H28N2O/c1-3-10(2)14(17)15(19)18-16-7-11-4-12(8-16)6-13(5-11)9-16/h10-14H,3-9,17H2,1-2H3,(H,18,19)/t10?,11?,12?,13?,14-,16?/m0/s1. The smallest absolute Gasteiger partial charge is 0.237 e. The Bertz CT molecular complexity index is 330. The SMILES string of the molecule is CCC(C)[C@H](N)C(=O)NC12CC3CC(CC(C3)C1)C2. The Balaban J connectivity index is 1.67. The maximum Gasteiger partial charge on any atom is 0.237 e. The third-order valence-corrected chi connectivity index (χ3v) is 5.99. The fourth-order valence-electron chi connectivity index (χ4n) is 5.12. The van der Waals surface area contributed by atoms with Gasteiger partial charge >= 0.3 is 0 Å². The second kappa shape index (κ2) is 4.76. The van der Waals surface area contributed by atoms with Gasteiger partial charge in [0.1, 0.15) is 0 Å². The monoisotopic (exact) mass is 264 g/mol. The summed E-state index contributed by atoms with van der Waals surface area (Å²) >= 11 is 0. The Kier molecular flexibility index (Phi) is 3.36. The number of nitrogens with two attached hydrogens (primary N) is 1. The van der Waals surface area contributed by atoms with Gasteiger partial charge in [-0.2, -0.15) is 0 Å². The highest BCUT2D eigenvalue weighted by atomic mass is 16.2. The van der Waals surface area contributed by atoms with Gasteiger partial charge in [-0.05, 0) is 62.2 Å². The van der Waals surface area contributed by atoms with E-state index in [1.54, 1.807) is 0 Å². The van der Waals surface area contributed by atoms with E-state index >= 15 is 0 Å².